The van der Waals surface area contributed by atoms with Crippen LogP contribution in [0.2, 0.25) is 0 Å². The zero-order valence-corrected chi connectivity index (χ0v) is 12.7. The van der Waals surface area contributed by atoms with Gasteiger partial charge in [0.1, 0.15) is 0 Å². The van der Waals surface area contributed by atoms with Crippen molar-refractivity contribution in [3.63, 3.8) is 0 Å². The van der Waals surface area contributed by atoms with E-state index in [-0.39, 0.29) is 17.8 Å². The number of nitrogens with zero attached hydrogens (tertiary/aromatic N) is 3. The van der Waals surface area contributed by atoms with Crippen LogP contribution in [0.15, 0.2) is 34.9 Å². The van der Waals surface area contributed by atoms with Crippen molar-refractivity contribution in [3.05, 3.63) is 47.6 Å². The number of hydrogen-bond donors (Lipinski definition) is 0. The molecule has 0 radical (unpaired) electrons. The quantitative estimate of drug-likeness (QED) is 0.854. The lowest BCUT2D eigenvalue weighted by Gasteiger charge is -2.38. The maximum absolute atomic E-state index is 5.52. The summed E-state index contributed by atoms with van der Waals surface area (Å²) in [5.41, 5.74) is 1.17. The van der Waals surface area contributed by atoms with Gasteiger partial charge in [0.05, 0.1) is 5.41 Å². The average Bonchev–Trinajstić information content (AvgIpc) is 2.88. The molecule has 0 aliphatic carbocycles. The van der Waals surface area contributed by atoms with Gasteiger partial charge in [-0.05, 0) is 45.5 Å². The minimum atomic E-state index is -0.116. The SMILES string of the molecule is Cc1noc(C2(c3ccccc3)CCN(C)CC2)n1.Cl. The summed E-state index contributed by atoms with van der Waals surface area (Å²) < 4.78 is 5.52. The number of aromatic nitrogens is 2. The van der Waals surface area contributed by atoms with Crippen molar-refractivity contribution < 1.29 is 4.52 Å². The first kappa shape index (κ1) is 15.0. The predicted molar refractivity (Wildman–Crippen MR) is 80.2 cm³/mol. The van der Waals surface area contributed by atoms with E-state index in [1.165, 1.54) is 5.56 Å². The number of likely N-dealkylation sites (tertiary alicyclic amines) is 1. The fourth-order valence-corrected chi connectivity index (χ4v) is 2.87. The van der Waals surface area contributed by atoms with Crippen molar-refractivity contribution in [2.75, 3.05) is 20.1 Å². The number of rotatable bonds is 2. The molecule has 108 valence electrons. The first-order valence-corrected chi connectivity index (χ1v) is 6.75. The van der Waals surface area contributed by atoms with Crippen molar-refractivity contribution in [2.45, 2.75) is 25.2 Å². The van der Waals surface area contributed by atoms with Crippen LogP contribution in [0, 0.1) is 6.92 Å². The van der Waals surface area contributed by atoms with E-state index in [0.29, 0.717) is 5.82 Å². The number of piperidine rings is 1. The average molecular weight is 294 g/mol. The lowest BCUT2D eigenvalue weighted by atomic mass is 9.72. The van der Waals surface area contributed by atoms with Crippen molar-refractivity contribution in [2.24, 2.45) is 0 Å². The van der Waals surface area contributed by atoms with Crippen LogP contribution in [0.4, 0.5) is 0 Å². The Kier molecular flexibility index (Phi) is 4.45. The lowest BCUT2D eigenvalue weighted by molar-refractivity contribution is 0.179. The molecule has 4 nitrogen and oxygen atoms in total. The predicted octanol–water partition coefficient (Wildman–Crippen LogP) is 2.81. The van der Waals surface area contributed by atoms with Crippen LogP contribution in [0.25, 0.3) is 0 Å². The number of aryl methyl sites for hydroxylation is 1. The second-order valence-corrected chi connectivity index (χ2v) is 5.40. The molecule has 1 aliphatic rings. The molecule has 1 aromatic heterocycles. The van der Waals surface area contributed by atoms with Gasteiger partial charge in [-0.3, -0.25) is 0 Å². The van der Waals surface area contributed by atoms with Gasteiger partial charge in [0.25, 0.3) is 0 Å². The molecule has 0 spiro atoms. The molecule has 0 unspecified atom stereocenters. The maximum atomic E-state index is 5.52. The molecule has 3 rings (SSSR count). The zero-order valence-electron chi connectivity index (χ0n) is 11.9. The fourth-order valence-electron chi connectivity index (χ4n) is 2.87. The van der Waals surface area contributed by atoms with Gasteiger partial charge >= 0.3 is 0 Å². The summed E-state index contributed by atoms with van der Waals surface area (Å²) >= 11 is 0. The molecule has 0 amide bonds. The smallest absolute Gasteiger partial charge is 0.237 e. The summed E-state index contributed by atoms with van der Waals surface area (Å²) in [6.07, 6.45) is 2.05. The van der Waals surface area contributed by atoms with Crippen molar-refractivity contribution in [3.8, 4) is 0 Å². The number of halogens is 1. The van der Waals surface area contributed by atoms with E-state index in [1.807, 2.05) is 13.0 Å². The molecule has 0 N–H and O–H groups in total. The Morgan fingerprint density at radius 2 is 1.80 bits per heavy atom. The monoisotopic (exact) mass is 293 g/mol. The molecule has 2 heterocycles. The van der Waals surface area contributed by atoms with Crippen molar-refractivity contribution in [1.82, 2.24) is 15.0 Å². The van der Waals surface area contributed by atoms with Gasteiger partial charge in [0, 0.05) is 0 Å². The highest BCUT2D eigenvalue weighted by Crippen LogP contribution is 2.40. The van der Waals surface area contributed by atoms with Crippen LogP contribution in [-0.4, -0.2) is 35.2 Å². The lowest BCUT2D eigenvalue weighted by Crippen LogP contribution is -2.41. The van der Waals surface area contributed by atoms with Crippen LogP contribution in [0.1, 0.15) is 30.1 Å². The van der Waals surface area contributed by atoms with E-state index in [1.54, 1.807) is 0 Å². The highest BCUT2D eigenvalue weighted by atomic mass is 35.5. The minimum Gasteiger partial charge on any atom is -0.338 e. The van der Waals surface area contributed by atoms with E-state index in [2.05, 4.69) is 46.4 Å². The van der Waals surface area contributed by atoms with Crippen molar-refractivity contribution >= 4 is 12.4 Å². The van der Waals surface area contributed by atoms with Crippen molar-refractivity contribution in [1.29, 1.82) is 0 Å². The van der Waals surface area contributed by atoms with E-state index >= 15 is 0 Å². The van der Waals surface area contributed by atoms with E-state index in [9.17, 15) is 0 Å². The van der Waals surface area contributed by atoms with E-state index < -0.39 is 0 Å². The summed E-state index contributed by atoms with van der Waals surface area (Å²) in [5, 5.41) is 3.98. The van der Waals surface area contributed by atoms with Crippen LogP contribution < -0.4 is 0 Å². The third-order valence-corrected chi connectivity index (χ3v) is 4.10. The standard InChI is InChI=1S/C15H19N3O.ClH/c1-12-16-14(19-17-12)15(8-10-18(2)11-9-15)13-6-4-3-5-7-13;/h3-7H,8-11H2,1-2H3;1H. The topological polar surface area (TPSA) is 42.2 Å². The molecule has 20 heavy (non-hydrogen) atoms. The molecular weight excluding hydrogens is 274 g/mol. The fraction of sp³-hybridized carbons (Fsp3) is 0.467. The molecule has 0 bridgehead atoms. The van der Waals surface area contributed by atoms with Gasteiger partial charge in [-0.25, -0.2) is 0 Å². The van der Waals surface area contributed by atoms with Crippen LogP contribution in [0.5, 0.6) is 0 Å². The first-order valence-electron chi connectivity index (χ1n) is 6.75. The summed E-state index contributed by atoms with van der Waals surface area (Å²) in [6, 6.07) is 10.6. The molecule has 1 saturated heterocycles. The first-order chi connectivity index (χ1) is 9.21. The molecule has 0 atom stereocenters. The number of benzene rings is 1. The Morgan fingerprint density at radius 3 is 2.35 bits per heavy atom. The van der Waals surface area contributed by atoms with Gasteiger partial charge in [-0.1, -0.05) is 35.5 Å². The Labute approximate surface area is 125 Å². The van der Waals surface area contributed by atoms with Gasteiger partial charge in [-0.15, -0.1) is 12.4 Å². The molecule has 1 aromatic carbocycles. The largest absolute Gasteiger partial charge is 0.338 e. The van der Waals surface area contributed by atoms with Crippen LogP contribution in [0.3, 0.4) is 0 Å². The van der Waals surface area contributed by atoms with Gasteiger partial charge in [0.2, 0.25) is 5.89 Å². The summed E-state index contributed by atoms with van der Waals surface area (Å²) in [6.45, 7) is 3.98. The third kappa shape index (κ3) is 2.58. The molecule has 1 fully saturated rings. The van der Waals surface area contributed by atoms with E-state index in [4.69, 9.17) is 4.52 Å². The minimum absolute atomic E-state index is 0. The second kappa shape index (κ2) is 5.94. The highest BCUT2D eigenvalue weighted by Gasteiger charge is 2.41. The maximum Gasteiger partial charge on any atom is 0.237 e. The Balaban J connectivity index is 0.00000147. The van der Waals surface area contributed by atoms with Crippen LogP contribution in [-0.2, 0) is 5.41 Å². The van der Waals surface area contributed by atoms with Crippen LogP contribution >= 0.6 is 12.4 Å². The zero-order chi connectivity index (χ0) is 13.3. The Bertz CT molecular complexity index is 547. The Morgan fingerprint density at radius 1 is 1.15 bits per heavy atom. The molecule has 2 aromatic rings. The third-order valence-electron chi connectivity index (χ3n) is 4.10. The summed E-state index contributed by atoms with van der Waals surface area (Å²) in [4.78, 5) is 6.86. The summed E-state index contributed by atoms with van der Waals surface area (Å²) in [5.74, 6) is 1.48. The molecular formula is C15H20ClN3O. The number of hydrogen-bond acceptors (Lipinski definition) is 4. The molecule has 0 saturated carbocycles. The molecule has 1 aliphatic heterocycles. The van der Waals surface area contributed by atoms with E-state index in [0.717, 1.165) is 31.8 Å². The van der Waals surface area contributed by atoms with Gasteiger partial charge in [0.15, 0.2) is 5.82 Å². The van der Waals surface area contributed by atoms with Gasteiger partial charge in [-0.2, -0.15) is 4.98 Å². The Hall–Kier alpha value is -1.39. The van der Waals surface area contributed by atoms with Gasteiger partial charge < -0.3 is 9.42 Å². The summed E-state index contributed by atoms with van der Waals surface area (Å²) in [7, 11) is 2.16. The highest BCUT2D eigenvalue weighted by molar-refractivity contribution is 5.85. The normalized spacial score (nSPS) is 18.5. The second-order valence-electron chi connectivity index (χ2n) is 5.40. The molecule has 5 heteroatoms.